The molecule has 2 bridgehead atoms. The number of nitrogens with zero attached hydrogens (tertiary/aromatic N) is 2. The number of hydrogen-bond donors (Lipinski definition) is 0. The Morgan fingerprint density at radius 1 is 1.13 bits per heavy atom. The highest BCUT2D eigenvalue weighted by Gasteiger charge is 2.37. The van der Waals surface area contributed by atoms with Gasteiger partial charge in [-0.3, -0.25) is 4.90 Å². The van der Waals surface area contributed by atoms with Gasteiger partial charge in [-0.05, 0) is 45.2 Å². The van der Waals surface area contributed by atoms with E-state index in [9.17, 15) is 0 Å². The summed E-state index contributed by atoms with van der Waals surface area (Å²) in [5, 5.41) is 0. The molecule has 2 heteroatoms. The van der Waals surface area contributed by atoms with Crippen molar-refractivity contribution in [3.8, 4) is 0 Å². The van der Waals surface area contributed by atoms with Crippen LogP contribution < -0.4 is 0 Å². The lowest BCUT2D eigenvalue weighted by atomic mass is 10.1. The van der Waals surface area contributed by atoms with E-state index in [1.54, 1.807) is 0 Å². The largest absolute Gasteiger partial charge is 0.303 e. The summed E-state index contributed by atoms with van der Waals surface area (Å²) < 4.78 is 0. The minimum atomic E-state index is 0.870. The Morgan fingerprint density at radius 3 is 2.27 bits per heavy atom. The first-order chi connectivity index (χ1) is 7.16. The van der Waals surface area contributed by atoms with Crippen molar-refractivity contribution in [3.63, 3.8) is 0 Å². The maximum absolute atomic E-state index is 2.79. The third kappa shape index (κ3) is 2.73. The number of piperazine rings is 1. The molecule has 2 nitrogen and oxygen atoms in total. The normalized spacial score (nSPS) is 32.8. The molecule has 88 valence electrons. The van der Waals surface area contributed by atoms with Gasteiger partial charge in [-0.25, -0.2) is 0 Å². The molecular weight excluding hydrogens is 184 g/mol. The molecule has 0 spiro atoms. The van der Waals surface area contributed by atoms with Gasteiger partial charge in [0.2, 0.25) is 0 Å². The number of fused-ring (bicyclic) bond motifs is 2. The summed E-state index contributed by atoms with van der Waals surface area (Å²) in [7, 11) is 2.27. The average molecular weight is 210 g/mol. The predicted molar refractivity (Wildman–Crippen MR) is 65.1 cm³/mol. The number of hydrogen-bond acceptors (Lipinski definition) is 2. The Balaban J connectivity index is 1.78. The van der Waals surface area contributed by atoms with Crippen LogP contribution in [0.4, 0.5) is 0 Å². The first kappa shape index (κ1) is 11.4. The van der Waals surface area contributed by atoms with Crippen molar-refractivity contribution in [2.24, 2.45) is 5.92 Å². The Morgan fingerprint density at radius 2 is 1.73 bits per heavy atom. The van der Waals surface area contributed by atoms with Crippen LogP contribution in [0.15, 0.2) is 0 Å². The van der Waals surface area contributed by atoms with E-state index in [-0.39, 0.29) is 0 Å². The molecular formula is C13H26N2. The molecule has 0 radical (unpaired) electrons. The first-order valence-electron chi connectivity index (χ1n) is 6.61. The standard InChI is InChI=1S/C13H26N2/c1-11(2)5-4-8-15-12-6-7-13(15)10-14(3)9-12/h11-13H,4-10H2,1-3H3. The van der Waals surface area contributed by atoms with E-state index in [0.717, 1.165) is 18.0 Å². The van der Waals surface area contributed by atoms with E-state index in [2.05, 4.69) is 30.7 Å². The van der Waals surface area contributed by atoms with Gasteiger partial charge in [-0.15, -0.1) is 0 Å². The van der Waals surface area contributed by atoms with Gasteiger partial charge in [-0.2, -0.15) is 0 Å². The summed E-state index contributed by atoms with van der Waals surface area (Å²) in [6.07, 6.45) is 5.67. The van der Waals surface area contributed by atoms with Crippen molar-refractivity contribution in [3.05, 3.63) is 0 Å². The average Bonchev–Trinajstić information content (AvgIpc) is 2.42. The van der Waals surface area contributed by atoms with Crippen molar-refractivity contribution in [2.45, 2.75) is 51.6 Å². The first-order valence-corrected chi connectivity index (χ1v) is 6.61. The Kier molecular flexibility index (Phi) is 3.68. The molecule has 0 saturated carbocycles. The lowest BCUT2D eigenvalue weighted by molar-refractivity contribution is 0.0801. The summed E-state index contributed by atoms with van der Waals surface area (Å²) in [6, 6.07) is 1.75. The van der Waals surface area contributed by atoms with E-state index < -0.39 is 0 Å². The highest BCUT2D eigenvalue weighted by Crippen LogP contribution is 2.29. The lowest BCUT2D eigenvalue weighted by Gasteiger charge is -2.39. The van der Waals surface area contributed by atoms with Crippen molar-refractivity contribution >= 4 is 0 Å². The molecule has 0 aromatic carbocycles. The van der Waals surface area contributed by atoms with Crippen molar-refractivity contribution in [1.82, 2.24) is 9.80 Å². The van der Waals surface area contributed by atoms with Crippen LogP contribution in [0.3, 0.4) is 0 Å². The molecule has 2 fully saturated rings. The maximum atomic E-state index is 2.79. The minimum absolute atomic E-state index is 0.870. The molecule has 2 rings (SSSR count). The third-order valence-electron chi connectivity index (χ3n) is 4.01. The van der Waals surface area contributed by atoms with E-state index >= 15 is 0 Å². The van der Waals surface area contributed by atoms with E-state index in [1.165, 1.54) is 45.3 Å². The molecule has 2 unspecified atom stereocenters. The molecule has 2 heterocycles. The lowest BCUT2D eigenvalue weighted by Crippen LogP contribution is -2.52. The summed E-state index contributed by atoms with van der Waals surface area (Å²) in [4.78, 5) is 5.31. The molecule has 2 atom stereocenters. The van der Waals surface area contributed by atoms with Crippen molar-refractivity contribution in [1.29, 1.82) is 0 Å². The predicted octanol–water partition coefficient (Wildman–Crippen LogP) is 2.20. The highest BCUT2D eigenvalue weighted by molar-refractivity contribution is 4.94. The van der Waals surface area contributed by atoms with Crippen LogP contribution >= 0.6 is 0 Å². The SMILES string of the molecule is CC(C)CCCN1C2CCC1CN(C)C2. The fourth-order valence-corrected chi connectivity index (χ4v) is 3.25. The highest BCUT2D eigenvalue weighted by atomic mass is 15.3. The quantitative estimate of drug-likeness (QED) is 0.702. The second-order valence-electron chi connectivity index (χ2n) is 5.88. The molecule has 0 N–H and O–H groups in total. The molecule has 0 aromatic heterocycles. The van der Waals surface area contributed by atoms with Gasteiger partial charge in [0.15, 0.2) is 0 Å². The van der Waals surface area contributed by atoms with Crippen LogP contribution in [0.1, 0.15) is 39.5 Å². The van der Waals surface area contributed by atoms with Crippen LogP contribution in [0.25, 0.3) is 0 Å². The summed E-state index contributed by atoms with van der Waals surface area (Å²) in [5.74, 6) is 0.870. The van der Waals surface area contributed by atoms with Gasteiger partial charge >= 0.3 is 0 Å². The fourth-order valence-electron chi connectivity index (χ4n) is 3.25. The number of likely N-dealkylation sites (tertiary alicyclic amines) is 1. The second kappa shape index (κ2) is 4.84. The van der Waals surface area contributed by atoms with Gasteiger partial charge in [-0.1, -0.05) is 13.8 Å². The van der Waals surface area contributed by atoms with Gasteiger partial charge in [0.25, 0.3) is 0 Å². The molecule has 0 amide bonds. The van der Waals surface area contributed by atoms with Crippen LogP contribution in [-0.2, 0) is 0 Å². The van der Waals surface area contributed by atoms with Crippen LogP contribution in [-0.4, -0.2) is 48.6 Å². The van der Waals surface area contributed by atoms with E-state index in [4.69, 9.17) is 0 Å². The molecule has 0 aliphatic carbocycles. The molecule has 2 saturated heterocycles. The molecule has 2 aliphatic rings. The smallest absolute Gasteiger partial charge is 0.0227 e. The van der Waals surface area contributed by atoms with Gasteiger partial charge in [0.1, 0.15) is 0 Å². The van der Waals surface area contributed by atoms with Gasteiger partial charge in [0.05, 0.1) is 0 Å². The molecule has 2 aliphatic heterocycles. The van der Waals surface area contributed by atoms with E-state index in [1.807, 2.05) is 0 Å². The summed E-state index contributed by atoms with van der Waals surface area (Å²) in [6.45, 7) is 8.62. The Hall–Kier alpha value is -0.0800. The Labute approximate surface area is 94.6 Å². The Bertz CT molecular complexity index is 189. The second-order valence-corrected chi connectivity index (χ2v) is 5.88. The number of rotatable bonds is 4. The van der Waals surface area contributed by atoms with Crippen LogP contribution in [0.2, 0.25) is 0 Å². The third-order valence-corrected chi connectivity index (χ3v) is 4.01. The zero-order chi connectivity index (χ0) is 10.8. The van der Waals surface area contributed by atoms with Crippen molar-refractivity contribution in [2.75, 3.05) is 26.7 Å². The number of likely N-dealkylation sites (N-methyl/N-ethyl adjacent to an activating group) is 1. The monoisotopic (exact) mass is 210 g/mol. The zero-order valence-electron chi connectivity index (χ0n) is 10.6. The van der Waals surface area contributed by atoms with Crippen LogP contribution in [0, 0.1) is 5.92 Å². The maximum Gasteiger partial charge on any atom is 0.0227 e. The van der Waals surface area contributed by atoms with Gasteiger partial charge < -0.3 is 4.90 Å². The zero-order valence-corrected chi connectivity index (χ0v) is 10.6. The topological polar surface area (TPSA) is 6.48 Å². The van der Waals surface area contributed by atoms with Crippen LogP contribution in [0.5, 0.6) is 0 Å². The summed E-state index contributed by atoms with van der Waals surface area (Å²) >= 11 is 0. The van der Waals surface area contributed by atoms with Crippen molar-refractivity contribution < 1.29 is 0 Å². The molecule has 0 aromatic rings. The molecule has 15 heavy (non-hydrogen) atoms. The van der Waals surface area contributed by atoms with Gasteiger partial charge in [0, 0.05) is 25.2 Å². The summed E-state index contributed by atoms with van der Waals surface area (Å²) in [5.41, 5.74) is 0. The fraction of sp³-hybridized carbons (Fsp3) is 1.00. The van der Waals surface area contributed by atoms with E-state index in [0.29, 0.717) is 0 Å². The minimum Gasteiger partial charge on any atom is -0.303 e.